The van der Waals surface area contributed by atoms with E-state index >= 15 is 0 Å². The van der Waals surface area contributed by atoms with Crippen LogP contribution in [0.1, 0.15) is 33.1 Å². The first kappa shape index (κ1) is 11.7. The van der Waals surface area contributed by atoms with Gasteiger partial charge in [-0.1, -0.05) is 20.3 Å². The maximum absolute atomic E-state index is 5.22. The summed E-state index contributed by atoms with van der Waals surface area (Å²) >= 11 is 0. The maximum atomic E-state index is 5.22. The number of ether oxygens (including phenoxy) is 1. The summed E-state index contributed by atoms with van der Waals surface area (Å²) in [6, 6.07) is 0. The van der Waals surface area contributed by atoms with Crippen molar-refractivity contribution in [1.29, 1.82) is 0 Å². The zero-order valence-corrected chi connectivity index (χ0v) is 6.65. The van der Waals surface area contributed by atoms with Crippen LogP contribution in [0.25, 0.3) is 0 Å². The Kier molecular flexibility index (Phi) is 14.0. The Labute approximate surface area is 58.2 Å². The van der Waals surface area contributed by atoms with E-state index in [1.165, 1.54) is 12.8 Å². The van der Waals surface area contributed by atoms with Crippen LogP contribution in [-0.4, -0.2) is 13.2 Å². The van der Waals surface area contributed by atoms with Crippen LogP contribution in [-0.2, 0) is 4.74 Å². The minimum atomic E-state index is 0. The second-order valence-electron chi connectivity index (χ2n) is 1.97. The Bertz CT molecular complexity index is 33.9. The molecule has 0 aromatic carbocycles. The van der Waals surface area contributed by atoms with Crippen molar-refractivity contribution < 1.29 is 4.74 Å². The fourth-order valence-corrected chi connectivity index (χ4v) is 0.493. The van der Waals surface area contributed by atoms with Crippen LogP contribution in [0.15, 0.2) is 0 Å². The predicted molar refractivity (Wildman–Crippen MR) is 41.0 cm³/mol. The second kappa shape index (κ2) is 10.8. The first-order chi connectivity index (χ1) is 3.91. The molecule has 0 unspecified atom stereocenters. The van der Waals surface area contributed by atoms with Gasteiger partial charge in [0.2, 0.25) is 0 Å². The van der Waals surface area contributed by atoms with E-state index in [0.717, 1.165) is 19.6 Å². The van der Waals surface area contributed by atoms with Gasteiger partial charge >= 0.3 is 0 Å². The summed E-state index contributed by atoms with van der Waals surface area (Å²) in [6.07, 6.45) is 3.59. The third-order valence-corrected chi connectivity index (χ3v) is 0.991. The van der Waals surface area contributed by atoms with E-state index in [1.54, 1.807) is 0 Å². The van der Waals surface area contributed by atoms with Crippen molar-refractivity contribution in [3.63, 3.8) is 0 Å². The maximum Gasteiger partial charge on any atom is 0.0465 e. The van der Waals surface area contributed by atoms with E-state index < -0.39 is 0 Å². The molecule has 0 aliphatic heterocycles. The highest BCUT2D eigenvalue weighted by atomic mass is 16.5. The van der Waals surface area contributed by atoms with Gasteiger partial charge in [-0.25, -0.2) is 0 Å². The van der Waals surface area contributed by atoms with Gasteiger partial charge < -0.3 is 10.9 Å². The number of hydrogen-bond donors (Lipinski definition) is 1. The SMILES string of the molecule is CCCCOCCC.N. The van der Waals surface area contributed by atoms with Gasteiger partial charge in [0, 0.05) is 13.2 Å². The van der Waals surface area contributed by atoms with E-state index in [2.05, 4.69) is 13.8 Å². The molecule has 9 heavy (non-hydrogen) atoms. The summed E-state index contributed by atoms with van der Waals surface area (Å²) in [5.74, 6) is 0. The molecule has 0 atom stereocenters. The molecule has 2 nitrogen and oxygen atoms in total. The molecular formula is C7H19NO. The minimum absolute atomic E-state index is 0. The fraction of sp³-hybridized carbons (Fsp3) is 1.00. The smallest absolute Gasteiger partial charge is 0.0465 e. The summed E-state index contributed by atoms with van der Waals surface area (Å²) in [4.78, 5) is 0. The average molecular weight is 133 g/mol. The Morgan fingerprint density at radius 2 is 1.67 bits per heavy atom. The second-order valence-corrected chi connectivity index (χ2v) is 1.97. The van der Waals surface area contributed by atoms with Crippen molar-refractivity contribution in [3.05, 3.63) is 0 Å². The molecule has 0 aromatic heterocycles. The summed E-state index contributed by atoms with van der Waals surface area (Å²) in [5, 5.41) is 0. The van der Waals surface area contributed by atoms with Crippen LogP contribution in [0.3, 0.4) is 0 Å². The van der Waals surface area contributed by atoms with Crippen LogP contribution in [0, 0.1) is 0 Å². The highest BCUT2D eigenvalue weighted by molar-refractivity contribution is 4.30. The molecule has 0 rings (SSSR count). The van der Waals surface area contributed by atoms with Gasteiger partial charge in [-0.15, -0.1) is 0 Å². The van der Waals surface area contributed by atoms with E-state index in [1.807, 2.05) is 0 Å². The summed E-state index contributed by atoms with van der Waals surface area (Å²) < 4.78 is 5.22. The molecule has 0 saturated heterocycles. The van der Waals surface area contributed by atoms with Gasteiger partial charge in [-0.2, -0.15) is 0 Å². The van der Waals surface area contributed by atoms with Gasteiger partial charge in [0.15, 0.2) is 0 Å². The summed E-state index contributed by atoms with van der Waals surface area (Å²) in [7, 11) is 0. The zero-order chi connectivity index (χ0) is 6.24. The number of hydrogen-bond acceptors (Lipinski definition) is 2. The van der Waals surface area contributed by atoms with Crippen molar-refractivity contribution in [2.45, 2.75) is 33.1 Å². The van der Waals surface area contributed by atoms with Crippen LogP contribution in [0.2, 0.25) is 0 Å². The molecule has 2 heteroatoms. The first-order valence-corrected chi connectivity index (χ1v) is 3.49. The monoisotopic (exact) mass is 133 g/mol. The van der Waals surface area contributed by atoms with E-state index in [4.69, 9.17) is 4.74 Å². The summed E-state index contributed by atoms with van der Waals surface area (Å²) in [6.45, 7) is 6.19. The molecule has 0 aliphatic rings. The average Bonchev–Trinajstić information content (AvgIpc) is 1.81. The molecule has 0 amide bonds. The molecule has 0 fully saturated rings. The van der Waals surface area contributed by atoms with E-state index in [9.17, 15) is 0 Å². The lowest BCUT2D eigenvalue weighted by atomic mass is 10.4. The topological polar surface area (TPSA) is 44.2 Å². The first-order valence-electron chi connectivity index (χ1n) is 3.49. The lowest BCUT2D eigenvalue weighted by Gasteiger charge is -1.97. The highest BCUT2D eigenvalue weighted by Gasteiger charge is 1.81. The quantitative estimate of drug-likeness (QED) is 0.585. The van der Waals surface area contributed by atoms with Gasteiger partial charge in [-0.05, 0) is 12.8 Å². The standard InChI is InChI=1S/C7H16O.H3N/c1-3-5-7-8-6-4-2;/h3-7H2,1-2H3;1H3. The van der Waals surface area contributed by atoms with Crippen molar-refractivity contribution in [1.82, 2.24) is 6.15 Å². The third-order valence-electron chi connectivity index (χ3n) is 0.991. The molecule has 3 N–H and O–H groups in total. The van der Waals surface area contributed by atoms with Gasteiger partial charge in [0.25, 0.3) is 0 Å². The Morgan fingerprint density at radius 3 is 2.11 bits per heavy atom. The van der Waals surface area contributed by atoms with Crippen LogP contribution >= 0.6 is 0 Å². The molecule has 0 bridgehead atoms. The van der Waals surface area contributed by atoms with Crippen LogP contribution in [0.5, 0.6) is 0 Å². The Balaban J connectivity index is 0. The molecule has 58 valence electrons. The predicted octanol–water partition coefficient (Wildman–Crippen LogP) is 2.38. The van der Waals surface area contributed by atoms with Crippen LogP contribution < -0.4 is 6.15 Å². The van der Waals surface area contributed by atoms with Crippen molar-refractivity contribution >= 4 is 0 Å². The molecular weight excluding hydrogens is 114 g/mol. The Morgan fingerprint density at radius 1 is 1.00 bits per heavy atom. The Hall–Kier alpha value is -0.0800. The third kappa shape index (κ3) is 11.5. The fourth-order valence-electron chi connectivity index (χ4n) is 0.493. The van der Waals surface area contributed by atoms with Crippen molar-refractivity contribution in [2.75, 3.05) is 13.2 Å². The largest absolute Gasteiger partial charge is 0.381 e. The minimum Gasteiger partial charge on any atom is -0.381 e. The normalized spacial score (nSPS) is 8.67. The van der Waals surface area contributed by atoms with E-state index in [0.29, 0.717) is 0 Å². The van der Waals surface area contributed by atoms with E-state index in [-0.39, 0.29) is 6.15 Å². The highest BCUT2D eigenvalue weighted by Crippen LogP contribution is 1.87. The van der Waals surface area contributed by atoms with Gasteiger partial charge in [0.1, 0.15) is 0 Å². The summed E-state index contributed by atoms with van der Waals surface area (Å²) in [5.41, 5.74) is 0. The van der Waals surface area contributed by atoms with Crippen molar-refractivity contribution in [3.8, 4) is 0 Å². The van der Waals surface area contributed by atoms with Crippen LogP contribution in [0.4, 0.5) is 0 Å². The van der Waals surface area contributed by atoms with Gasteiger partial charge in [-0.3, -0.25) is 0 Å². The van der Waals surface area contributed by atoms with Crippen molar-refractivity contribution in [2.24, 2.45) is 0 Å². The molecule has 0 saturated carbocycles. The molecule has 0 spiro atoms. The lowest BCUT2D eigenvalue weighted by molar-refractivity contribution is 0.132. The molecule has 0 radical (unpaired) electrons. The van der Waals surface area contributed by atoms with Gasteiger partial charge in [0.05, 0.1) is 0 Å². The molecule has 0 aliphatic carbocycles. The molecule has 0 aromatic rings. The zero-order valence-electron chi connectivity index (χ0n) is 6.65. The lowest BCUT2D eigenvalue weighted by Crippen LogP contribution is -1.93. The number of unbranched alkanes of at least 4 members (excludes halogenated alkanes) is 1. The number of rotatable bonds is 5. The molecule has 0 heterocycles.